The summed E-state index contributed by atoms with van der Waals surface area (Å²) in [5, 5.41) is 11.6. The van der Waals surface area contributed by atoms with E-state index < -0.39 is 5.72 Å². The number of nitrogens with zero attached hydrogens (tertiary/aromatic N) is 2. The molecule has 24 heavy (non-hydrogen) atoms. The number of benzene rings is 2. The third-order valence-electron chi connectivity index (χ3n) is 5.31. The molecule has 2 aromatic rings. The van der Waals surface area contributed by atoms with Crippen molar-refractivity contribution in [3.63, 3.8) is 0 Å². The molecule has 2 aliphatic heterocycles. The first-order valence-electron chi connectivity index (χ1n) is 8.94. The predicted octanol–water partition coefficient (Wildman–Crippen LogP) is 3.65. The van der Waals surface area contributed by atoms with Crippen LogP contribution in [0.2, 0.25) is 0 Å². The Kier molecular flexibility index (Phi) is 3.89. The van der Waals surface area contributed by atoms with Crippen LogP contribution in [-0.2, 0) is 5.72 Å². The smallest absolute Gasteiger partial charge is 0.271 e. The molecule has 1 atom stereocenters. The van der Waals surface area contributed by atoms with Gasteiger partial charge in [0, 0.05) is 12.0 Å². The van der Waals surface area contributed by atoms with E-state index in [1.54, 1.807) is 0 Å². The fourth-order valence-electron chi connectivity index (χ4n) is 3.99. The molecule has 0 amide bonds. The average molecular weight is 321 g/mol. The van der Waals surface area contributed by atoms with Crippen molar-refractivity contribution in [1.29, 1.82) is 0 Å². The van der Waals surface area contributed by atoms with Crippen molar-refractivity contribution < 1.29 is 9.68 Å². The van der Waals surface area contributed by atoms with Gasteiger partial charge >= 0.3 is 0 Å². The topological polar surface area (TPSA) is 26.5 Å². The molecule has 0 radical (unpaired) electrons. The van der Waals surface area contributed by atoms with E-state index in [4.69, 9.17) is 0 Å². The molecule has 2 aromatic carbocycles. The van der Waals surface area contributed by atoms with Crippen LogP contribution in [0.1, 0.15) is 36.8 Å². The number of rotatable bonds is 2. The third-order valence-corrected chi connectivity index (χ3v) is 5.31. The second-order valence-electron chi connectivity index (χ2n) is 6.98. The largest absolute Gasteiger partial charge is 0.346 e. The van der Waals surface area contributed by atoms with Gasteiger partial charge in [0.1, 0.15) is 5.69 Å². The minimum absolute atomic E-state index is 0.593. The molecule has 0 aromatic heterocycles. The summed E-state index contributed by atoms with van der Waals surface area (Å²) in [4.78, 5) is 2.32. The quantitative estimate of drug-likeness (QED) is 0.855. The lowest BCUT2D eigenvalue weighted by Gasteiger charge is -2.23. The minimum Gasteiger partial charge on any atom is -0.346 e. The zero-order valence-electron chi connectivity index (χ0n) is 14.3. The van der Waals surface area contributed by atoms with Crippen LogP contribution in [0.25, 0.3) is 0 Å². The van der Waals surface area contributed by atoms with Gasteiger partial charge < -0.3 is 5.11 Å². The Balaban J connectivity index is 1.80. The molecule has 0 unspecified atom stereocenters. The lowest BCUT2D eigenvalue weighted by Crippen LogP contribution is -2.40. The number of aryl methyl sites for hydroxylation is 1. The highest BCUT2D eigenvalue weighted by Gasteiger charge is 2.51. The van der Waals surface area contributed by atoms with Crippen molar-refractivity contribution in [3.05, 3.63) is 65.7 Å². The molecule has 0 fully saturated rings. The molecule has 3 nitrogen and oxygen atoms in total. The molecule has 0 bridgehead atoms. The van der Waals surface area contributed by atoms with Gasteiger partial charge in [0.05, 0.1) is 6.54 Å². The van der Waals surface area contributed by atoms with Crippen molar-refractivity contribution in [2.75, 3.05) is 18.0 Å². The molecule has 0 saturated carbocycles. The summed E-state index contributed by atoms with van der Waals surface area (Å²) < 4.78 is 2.25. The summed E-state index contributed by atoms with van der Waals surface area (Å²) in [6.07, 6.45) is 4.59. The second kappa shape index (κ2) is 6.06. The van der Waals surface area contributed by atoms with E-state index in [0.29, 0.717) is 6.54 Å². The first-order chi connectivity index (χ1) is 11.7. The van der Waals surface area contributed by atoms with Crippen LogP contribution in [0.15, 0.2) is 54.6 Å². The number of hydrogen-bond acceptors (Lipinski definition) is 2. The Morgan fingerprint density at radius 3 is 2.46 bits per heavy atom. The summed E-state index contributed by atoms with van der Waals surface area (Å²) in [5.74, 6) is 1.27. The fraction of sp³-hybridized carbons (Fsp3) is 0.381. The summed E-state index contributed by atoms with van der Waals surface area (Å²) in [6.45, 7) is 3.62. The number of hydrogen-bond donors (Lipinski definition) is 1. The lowest BCUT2D eigenvalue weighted by molar-refractivity contribution is -0.658. The summed E-state index contributed by atoms with van der Waals surface area (Å²) in [7, 11) is 0. The summed E-state index contributed by atoms with van der Waals surface area (Å²) >= 11 is 0. The molecule has 1 N–H and O–H groups in total. The zero-order valence-corrected chi connectivity index (χ0v) is 14.3. The van der Waals surface area contributed by atoms with E-state index in [0.717, 1.165) is 24.9 Å². The number of β-amino-alcohol motifs (C(OH)–C–C–N with tert-alkyl or cyclic N) is 1. The van der Waals surface area contributed by atoms with Gasteiger partial charge in [-0.15, -0.1) is 0 Å². The van der Waals surface area contributed by atoms with Crippen LogP contribution >= 0.6 is 0 Å². The Morgan fingerprint density at radius 2 is 1.71 bits per heavy atom. The normalized spacial score (nSPS) is 24.0. The summed E-state index contributed by atoms with van der Waals surface area (Å²) in [6, 6.07) is 18.8. The van der Waals surface area contributed by atoms with Crippen molar-refractivity contribution in [3.8, 4) is 0 Å². The maximum Gasteiger partial charge on any atom is 0.271 e. The molecular formula is C21H25N2O+. The van der Waals surface area contributed by atoms with Gasteiger partial charge in [-0.05, 0) is 38.3 Å². The van der Waals surface area contributed by atoms with Gasteiger partial charge in [-0.1, -0.05) is 48.0 Å². The van der Waals surface area contributed by atoms with E-state index >= 15 is 0 Å². The van der Waals surface area contributed by atoms with E-state index in [2.05, 4.69) is 40.7 Å². The van der Waals surface area contributed by atoms with Crippen molar-refractivity contribution in [2.24, 2.45) is 0 Å². The van der Waals surface area contributed by atoms with Crippen LogP contribution in [0.3, 0.4) is 0 Å². The molecule has 0 saturated heterocycles. The van der Waals surface area contributed by atoms with Crippen LogP contribution in [-0.4, -0.2) is 28.6 Å². The van der Waals surface area contributed by atoms with Crippen LogP contribution in [0, 0.1) is 6.92 Å². The Labute approximate surface area is 143 Å². The molecule has 124 valence electrons. The van der Waals surface area contributed by atoms with Gasteiger partial charge in [0.15, 0.2) is 6.54 Å². The standard InChI is InChI=1S/C21H25N2O/c1-17-11-13-19(14-12-17)22-16-21(24,18-8-4-2-5-9-18)23-15-7-3-6-10-20(22)23/h2,4-5,8-9,11-14,24H,3,6-7,10,15-16H2,1H3/q+1/t21-/m0/s1. The van der Waals surface area contributed by atoms with E-state index in [1.807, 2.05) is 30.3 Å². The number of aliphatic hydroxyl groups is 1. The first kappa shape index (κ1) is 15.4. The minimum atomic E-state index is -0.939. The first-order valence-corrected chi connectivity index (χ1v) is 8.94. The van der Waals surface area contributed by atoms with Crippen molar-refractivity contribution >= 4 is 11.5 Å². The lowest BCUT2D eigenvalue weighted by atomic mass is 10.0. The average Bonchev–Trinajstić information content (AvgIpc) is 2.78. The molecule has 0 aliphatic carbocycles. The Bertz CT molecular complexity index is 751. The SMILES string of the molecule is Cc1ccc(N2C[C@](O)(c3ccccc3)[N+]3=C2CCCCC3)cc1. The zero-order chi connectivity index (χ0) is 16.6. The van der Waals surface area contributed by atoms with Crippen molar-refractivity contribution in [1.82, 2.24) is 0 Å². The number of amidine groups is 1. The molecule has 0 spiro atoms. The molecule has 2 heterocycles. The predicted molar refractivity (Wildman–Crippen MR) is 97.5 cm³/mol. The van der Waals surface area contributed by atoms with Crippen LogP contribution in [0.5, 0.6) is 0 Å². The number of anilines is 1. The molecular weight excluding hydrogens is 296 g/mol. The van der Waals surface area contributed by atoms with Gasteiger partial charge in [-0.3, -0.25) is 0 Å². The molecule has 4 rings (SSSR count). The van der Waals surface area contributed by atoms with Crippen LogP contribution in [0.4, 0.5) is 5.69 Å². The maximum absolute atomic E-state index is 11.6. The monoisotopic (exact) mass is 321 g/mol. The van der Waals surface area contributed by atoms with E-state index in [-0.39, 0.29) is 0 Å². The van der Waals surface area contributed by atoms with Crippen molar-refractivity contribution in [2.45, 2.75) is 38.3 Å². The van der Waals surface area contributed by atoms with E-state index in [9.17, 15) is 5.11 Å². The second-order valence-corrected chi connectivity index (χ2v) is 6.98. The molecule has 2 aliphatic rings. The highest BCUT2D eigenvalue weighted by Crippen LogP contribution is 2.35. The van der Waals surface area contributed by atoms with Gasteiger partial charge in [0.25, 0.3) is 11.6 Å². The molecule has 3 heteroatoms. The Hall–Kier alpha value is -2.13. The van der Waals surface area contributed by atoms with Gasteiger partial charge in [-0.25, -0.2) is 9.48 Å². The Morgan fingerprint density at radius 1 is 0.958 bits per heavy atom. The maximum atomic E-state index is 11.6. The van der Waals surface area contributed by atoms with Gasteiger partial charge in [-0.2, -0.15) is 0 Å². The summed E-state index contributed by atoms with van der Waals surface area (Å²) in [5.41, 5.74) is 2.48. The van der Waals surface area contributed by atoms with Crippen LogP contribution < -0.4 is 4.90 Å². The highest BCUT2D eigenvalue weighted by atomic mass is 16.3. The third kappa shape index (κ3) is 2.53. The fourth-order valence-corrected chi connectivity index (χ4v) is 3.99. The van der Waals surface area contributed by atoms with Gasteiger partial charge in [0.2, 0.25) is 0 Å². The highest BCUT2D eigenvalue weighted by molar-refractivity contribution is 5.95. The van der Waals surface area contributed by atoms with E-state index in [1.165, 1.54) is 29.9 Å².